The van der Waals surface area contributed by atoms with Crippen molar-refractivity contribution in [1.29, 1.82) is 0 Å². The highest BCUT2D eigenvalue weighted by Crippen LogP contribution is 2.30. The molecule has 0 atom stereocenters. The number of sulfone groups is 1. The Morgan fingerprint density at radius 2 is 1.21 bits per heavy atom. The second-order valence-corrected chi connectivity index (χ2v) is 7.57. The molecule has 0 aliphatic carbocycles. The molecule has 0 radical (unpaired) electrons. The van der Waals surface area contributed by atoms with E-state index in [-0.39, 0.29) is 12.8 Å². The zero-order valence-electron chi connectivity index (χ0n) is 15.1. The van der Waals surface area contributed by atoms with Crippen molar-refractivity contribution in [2.45, 2.75) is 22.6 Å². The molecule has 0 heterocycles. The van der Waals surface area contributed by atoms with Crippen molar-refractivity contribution in [3.63, 3.8) is 0 Å². The zero-order chi connectivity index (χ0) is 21.6. The minimum Gasteiger partial charge on any atom is -0.423 e. The maximum Gasteiger partial charge on any atom is 0.315 e. The van der Waals surface area contributed by atoms with Crippen molar-refractivity contribution in [3.8, 4) is 11.5 Å². The van der Waals surface area contributed by atoms with Gasteiger partial charge in [0.1, 0.15) is 0 Å². The SMILES string of the molecule is C=CCC(=O)Oc1cc(S(=O)(=O)c2ccc(F)c(OC(=O)CC=C)c2)ccc1F. The summed E-state index contributed by atoms with van der Waals surface area (Å²) in [6, 6.07) is 5.22. The average molecular weight is 422 g/mol. The normalized spacial score (nSPS) is 10.8. The van der Waals surface area contributed by atoms with E-state index in [2.05, 4.69) is 13.2 Å². The summed E-state index contributed by atoms with van der Waals surface area (Å²) in [5.74, 6) is -4.72. The monoisotopic (exact) mass is 422 g/mol. The van der Waals surface area contributed by atoms with Gasteiger partial charge in [0.15, 0.2) is 23.1 Å². The van der Waals surface area contributed by atoms with Crippen LogP contribution in [-0.2, 0) is 19.4 Å². The van der Waals surface area contributed by atoms with Crippen LogP contribution in [-0.4, -0.2) is 20.4 Å². The van der Waals surface area contributed by atoms with Gasteiger partial charge in [-0.2, -0.15) is 0 Å². The van der Waals surface area contributed by atoms with Crippen LogP contribution >= 0.6 is 0 Å². The van der Waals surface area contributed by atoms with Crippen LogP contribution in [0.4, 0.5) is 8.78 Å². The number of carbonyl (C=O) groups is 2. The molecule has 0 fully saturated rings. The number of halogens is 2. The van der Waals surface area contributed by atoms with E-state index in [0.29, 0.717) is 0 Å². The Balaban J connectivity index is 2.42. The fraction of sp³-hybridized carbons (Fsp3) is 0.100. The highest BCUT2D eigenvalue weighted by atomic mass is 32.2. The van der Waals surface area contributed by atoms with Crippen molar-refractivity contribution in [3.05, 3.63) is 73.3 Å². The molecule has 0 aromatic heterocycles. The van der Waals surface area contributed by atoms with Gasteiger partial charge in [0.2, 0.25) is 9.84 Å². The molecule has 0 bridgehead atoms. The molecule has 9 heteroatoms. The topological polar surface area (TPSA) is 86.7 Å². The minimum absolute atomic E-state index is 0.201. The van der Waals surface area contributed by atoms with Gasteiger partial charge in [0.05, 0.1) is 22.6 Å². The summed E-state index contributed by atoms with van der Waals surface area (Å²) in [7, 11) is -4.27. The third-order valence-electron chi connectivity index (χ3n) is 3.50. The lowest BCUT2D eigenvalue weighted by molar-refractivity contribution is -0.134. The summed E-state index contributed by atoms with van der Waals surface area (Å²) in [6.45, 7) is 6.69. The fourth-order valence-corrected chi connectivity index (χ4v) is 3.45. The van der Waals surface area contributed by atoms with Gasteiger partial charge in [0, 0.05) is 12.1 Å². The Bertz CT molecular complexity index is 997. The Morgan fingerprint density at radius 1 is 0.828 bits per heavy atom. The molecule has 0 saturated carbocycles. The Labute approximate surface area is 166 Å². The second kappa shape index (κ2) is 9.24. The van der Waals surface area contributed by atoms with Gasteiger partial charge in [-0.05, 0) is 24.3 Å². The van der Waals surface area contributed by atoms with Crippen molar-refractivity contribution < 1.29 is 36.3 Å². The Hall–Kier alpha value is -3.33. The summed E-state index contributed by atoms with van der Waals surface area (Å²) in [5, 5.41) is 0. The van der Waals surface area contributed by atoms with E-state index in [1.807, 2.05) is 0 Å². The highest BCUT2D eigenvalue weighted by Gasteiger charge is 2.23. The molecule has 2 aromatic carbocycles. The van der Waals surface area contributed by atoms with Crippen molar-refractivity contribution in [1.82, 2.24) is 0 Å². The summed E-state index contributed by atoms with van der Waals surface area (Å²) in [4.78, 5) is 22.2. The Morgan fingerprint density at radius 3 is 1.55 bits per heavy atom. The summed E-state index contributed by atoms with van der Waals surface area (Å²) >= 11 is 0. The molecule has 6 nitrogen and oxygen atoms in total. The van der Waals surface area contributed by atoms with Gasteiger partial charge < -0.3 is 9.47 Å². The first kappa shape index (κ1) is 22.0. The van der Waals surface area contributed by atoms with Crippen LogP contribution in [0.15, 0.2) is 71.5 Å². The van der Waals surface area contributed by atoms with Crippen LogP contribution in [0.5, 0.6) is 11.5 Å². The predicted octanol–water partition coefficient (Wildman–Crippen LogP) is 3.76. The lowest BCUT2D eigenvalue weighted by Gasteiger charge is -2.10. The average Bonchev–Trinajstić information content (AvgIpc) is 2.65. The number of ether oxygens (including phenoxy) is 2. The molecular weight excluding hydrogens is 406 g/mol. The highest BCUT2D eigenvalue weighted by molar-refractivity contribution is 7.91. The van der Waals surface area contributed by atoms with Gasteiger partial charge in [-0.3, -0.25) is 9.59 Å². The largest absolute Gasteiger partial charge is 0.423 e. The molecule has 2 aromatic rings. The molecule has 29 heavy (non-hydrogen) atoms. The number of hydrogen-bond donors (Lipinski definition) is 0. The molecule has 0 unspecified atom stereocenters. The van der Waals surface area contributed by atoms with E-state index < -0.39 is 54.7 Å². The van der Waals surface area contributed by atoms with Crippen LogP contribution in [0.3, 0.4) is 0 Å². The fourth-order valence-electron chi connectivity index (χ4n) is 2.16. The molecular formula is C20H16F2O6S. The molecule has 0 aliphatic heterocycles. The van der Waals surface area contributed by atoms with Crippen molar-refractivity contribution >= 4 is 21.8 Å². The first-order valence-electron chi connectivity index (χ1n) is 8.16. The predicted molar refractivity (Wildman–Crippen MR) is 99.1 cm³/mol. The molecule has 0 aliphatic rings. The van der Waals surface area contributed by atoms with Crippen LogP contribution in [0, 0.1) is 11.6 Å². The lowest BCUT2D eigenvalue weighted by atomic mass is 10.3. The van der Waals surface area contributed by atoms with E-state index in [0.717, 1.165) is 36.4 Å². The maximum atomic E-state index is 13.9. The van der Waals surface area contributed by atoms with Crippen LogP contribution < -0.4 is 9.47 Å². The molecule has 0 N–H and O–H groups in total. The minimum atomic E-state index is -4.27. The molecule has 0 amide bonds. The first-order valence-corrected chi connectivity index (χ1v) is 9.64. The van der Waals surface area contributed by atoms with Crippen LogP contribution in [0.25, 0.3) is 0 Å². The zero-order valence-corrected chi connectivity index (χ0v) is 15.9. The first-order chi connectivity index (χ1) is 13.7. The van der Waals surface area contributed by atoms with E-state index in [9.17, 15) is 26.8 Å². The number of carbonyl (C=O) groups excluding carboxylic acids is 2. The maximum absolute atomic E-state index is 13.9. The third kappa shape index (κ3) is 5.35. The van der Waals surface area contributed by atoms with E-state index in [1.165, 1.54) is 12.2 Å². The second-order valence-electron chi connectivity index (χ2n) is 5.62. The van der Waals surface area contributed by atoms with Crippen molar-refractivity contribution in [2.75, 3.05) is 0 Å². The van der Waals surface area contributed by atoms with Gasteiger partial charge >= 0.3 is 11.9 Å². The van der Waals surface area contributed by atoms with Gasteiger partial charge in [-0.25, -0.2) is 17.2 Å². The van der Waals surface area contributed by atoms with Crippen molar-refractivity contribution in [2.24, 2.45) is 0 Å². The summed E-state index contributed by atoms with van der Waals surface area (Å²) < 4.78 is 63.0. The standard InChI is InChI=1S/C20H16F2O6S/c1-3-5-19(23)27-17-11-13(7-9-15(17)21)29(25,26)14-8-10-16(22)18(12-14)28-20(24)6-4-2/h3-4,7-12H,1-2,5-6H2. The lowest BCUT2D eigenvalue weighted by Crippen LogP contribution is -2.10. The molecule has 0 saturated heterocycles. The number of benzene rings is 2. The smallest absolute Gasteiger partial charge is 0.315 e. The molecule has 152 valence electrons. The molecule has 2 rings (SSSR count). The number of esters is 2. The number of hydrogen-bond acceptors (Lipinski definition) is 6. The number of rotatable bonds is 8. The van der Waals surface area contributed by atoms with Crippen LogP contribution in [0.2, 0.25) is 0 Å². The van der Waals surface area contributed by atoms with Gasteiger partial charge in [0.25, 0.3) is 0 Å². The van der Waals surface area contributed by atoms with E-state index in [1.54, 1.807) is 0 Å². The van der Waals surface area contributed by atoms with Gasteiger partial charge in [-0.1, -0.05) is 12.2 Å². The van der Waals surface area contributed by atoms with Gasteiger partial charge in [-0.15, -0.1) is 13.2 Å². The summed E-state index contributed by atoms with van der Waals surface area (Å²) in [5.41, 5.74) is 0. The quantitative estimate of drug-likeness (QED) is 0.279. The van der Waals surface area contributed by atoms with E-state index in [4.69, 9.17) is 9.47 Å². The third-order valence-corrected chi connectivity index (χ3v) is 5.24. The van der Waals surface area contributed by atoms with E-state index >= 15 is 0 Å². The Kier molecular flexibility index (Phi) is 7.00. The summed E-state index contributed by atoms with van der Waals surface area (Å²) in [6.07, 6.45) is 2.09. The molecule has 0 spiro atoms. The van der Waals surface area contributed by atoms with Crippen LogP contribution in [0.1, 0.15) is 12.8 Å².